The summed E-state index contributed by atoms with van der Waals surface area (Å²) in [6.07, 6.45) is 3.82. The minimum atomic E-state index is -0.530. The van der Waals surface area contributed by atoms with Crippen molar-refractivity contribution in [1.29, 1.82) is 5.26 Å². The van der Waals surface area contributed by atoms with Crippen LogP contribution in [-0.4, -0.2) is 18.0 Å². The summed E-state index contributed by atoms with van der Waals surface area (Å²) in [6, 6.07) is 5.72. The van der Waals surface area contributed by atoms with Crippen LogP contribution in [0.2, 0.25) is 0 Å². The average Bonchev–Trinajstić information content (AvgIpc) is 2.75. The van der Waals surface area contributed by atoms with Crippen LogP contribution >= 0.6 is 0 Å². The molecule has 0 radical (unpaired) electrons. The Morgan fingerprint density at radius 2 is 1.95 bits per heavy atom. The highest BCUT2D eigenvalue weighted by molar-refractivity contribution is 5.98. The second-order valence-corrected chi connectivity index (χ2v) is 5.33. The van der Waals surface area contributed by atoms with Crippen molar-refractivity contribution in [2.24, 2.45) is 5.92 Å². The van der Waals surface area contributed by atoms with Crippen LogP contribution in [0.5, 0.6) is 0 Å². The van der Waals surface area contributed by atoms with Gasteiger partial charge in [-0.3, -0.25) is 4.79 Å². The number of ketones is 1. The zero-order valence-electron chi connectivity index (χ0n) is 10.4. The maximum absolute atomic E-state index is 13.4. The minimum absolute atomic E-state index is 0.0591. The summed E-state index contributed by atoms with van der Waals surface area (Å²) >= 11 is 0. The summed E-state index contributed by atoms with van der Waals surface area (Å²) in [5.74, 6) is -0.687. The molecule has 1 aromatic carbocycles. The molecule has 3 rings (SSSR count). The summed E-state index contributed by atoms with van der Waals surface area (Å²) < 4.78 is 19.1. The fraction of sp³-hybridized carbons (Fsp3) is 0.467. The third kappa shape index (κ3) is 2.39. The van der Waals surface area contributed by atoms with Gasteiger partial charge in [0.25, 0.3) is 0 Å². The minimum Gasteiger partial charge on any atom is -0.375 e. The van der Waals surface area contributed by atoms with Crippen molar-refractivity contribution in [3.8, 4) is 6.07 Å². The lowest BCUT2D eigenvalue weighted by Gasteiger charge is -2.27. The number of carbonyl (C=O) groups is 1. The monoisotopic (exact) mass is 259 g/mol. The number of nitriles is 1. The standard InChI is InChI=1S/C15H14FNO2/c16-12-4-9(8-17)3-10(5-12)15(18)11-6-13-1-2-14(7-11)19-13/h3-5,11,13-14H,1-2,6-7H2. The first kappa shape index (κ1) is 12.3. The molecule has 4 heteroatoms. The van der Waals surface area contributed by atoms with Crippen LogP contribution in [0.15, 0.2) is 18.2 Å². The van der Waals surface area contributed by atoms with Gasteiger partial charge in [-0.1, -0.05) is 0 Å². The van der Waals surface area contributed by atoms with E-state index >= 15 is 0 Å². The molecule has 2 saturated heterocycles. The molecule has 0 aliphatic carbocycles. The van der Waals surface area contributed by atoms with E-state index < -0.39 is 5.82 Å². The number of ether oxygens (including phenoxy) is 1. The Labute approximate surface area is 111 Å². The number of halogens is 1. The molecule has 0 amide bonds. The number of nitrogens with zero attached hydrogens (tertiary/aromatic N) is 1. The quantitative estimate of drug-likeness (QED) is 0.767. The molecule has 2 heterocycles. The van der Waals surface area contributed by atoms with E-state index in [0.717, 1.165) is 18.9 Å². The van der Waals surface area contributed by atoms with E-state index in [1.54, 1.807) is 0 Å². The summed E-state index contributed by atoms with van der Waals surface area (Å²) in [4.78, 5) is 12.4. The smallest absolute Gasteiger partial charge is 0.166 e. The van der Waals surface area contributed by atoms with E-state index in [1.807, 2.05) is 6.07 Å². The number of fused-ring (bicyclic) bond motifs is 2. The average molecular weight is 259 g/mol. The Hall–Kier alpha value is -1.73. The maximum Gasteiger partial charge on any atom is 0.166 e. The van der Waals surface area contributed by atoms with Gasteiger partial charge in [-0.25, -0.2) is 4.39 Å². The third-order valence-corrected chi connectivity index (χ3v) is 3.97. The van der Waals surface area contributed by atoms with E-state index in [0.29, 0.717) is 18.4 Å². The third-order valence-electron chi connectivity index (χ3n) is 3.97. The number of benzene rings is 1. The molecule has 0 aromatic heterocycles. The van der Waals surface area contributed by atoms with E-state index in [-0.39, 0.29) is 29.5 Å². The first-order chi connectivity index (χ1) is 9.15. The first-order valence-corrected chi connectivity index (χ1v) is 6.56. The van der Waals surface area contributed by atoms with Crippen molar-refractivity contribution in [3.63, 3.8) is 0 Å². The number of carbonyl (C=O) groups excluding carboxylic acids is 1. The largest absolute Gasteiger partial charge is 0.375 e. The van der Waals surface area contributed by atoms with E-state index in [9.17, 15) is 9.18 Å². The Morgan fingerprint density at radius 3 is 2.58 bits per heavy atom. The zero-order chi connectivity index (χ0) is 13.4. The highest BCUT2D eigenvalue weighted by Crippen LogP contribution is 2.37. The van der Waals surface area contributed by atoms with Gasteiger partial charge in [0.05, 0.1) is 23.8 Å². The van der Waals surface area contributed by atoms with Crippen LogP contribution < -0.4 is 0 Å². The molecule has 0 spiro atoms. The lowest BCUT2D eigenvalue weighted by Crippen LogP contribution is -2.30. The van der Waals surface area contributed by atoms with Gasteiger partial charge in [0.2, 0.25) is 0 Å². The van der Waals surface area contributed by atoms with Crippen LogP contribution in [0.4, 0.5) is 4.39 Å². The van der Waals surface area contributed by atoms with Gasteiger partial charge >= 0.3 is 0 Å². The fourth-order valence-corrected chi connectivity index (χ4v) is 3.10. The highest BCUT2D eigenvalue weighted by atomic mass is 19.1. The van der Waals surface area contributed by atoms with Gasteiger partial charge in [-0.05, 0) is 43.9 Å². The van der Waals surface area contributed by atoms with Crippen molar-refractivity contribution in [1.82, 2.24) is 0 Å². The Balaban J connectivity index is 1.84. The normalized spacial score (nSPS) is 28.9. The van der Waals surface area contributed by atoms with Gasteiger partial charge in [-0.15, -0.1) is 0 Å². The molecule has 3 nitrogen and oxygen atoms in total. The SMILES string of the molecule is N#Cc1cc(F)cc(C(=O)C2CC3CCC(C2)O3)c1. The van der Waals surface area contributed by atoms with Crippen LogP contribution in [0.1, 0.15) is 41.6 Å². The van der Waals surface area contributed by atoms with Crippen molar-refractivity contribution in [2.45, 2.75) is 37.9 Å². The van der Waals surface area contributed by atoms with Crippen molar-refractivity contribution in [3.05, 3.63) is 35.1 Å². The molecule has 0 N–H and O–H groups in total. The summed E-state index contributed by atoms with van der Waals surface area (Å²) in [5, 5.41) is 8.82. The fourth-order valence-electron chi connectivity index (χ4n) is 3.10. The highest BCUT2D eigenvalue weighted by Gasteiger charge is 2.38. The maximum atomic E-state index is 13.4. The van der Waals surface area contributed by atoms with Gasteiger partial charge in [0.15, 0.2) is 5.78 Å². The van der Waals surface area contributed by atoms with Gasteiger partial charge in [-0.2, -0.15) is 5.26 Å². The Kier molecular flexibility index (Phi) is 3.08. The molecular formula is C15H14FNO2. The van der Waals surface area contributed by atoms with E-state index in [2.05, 4.69) is 0 Å². The van der Waals surface area contributed by atoms with Gasteiger partial charge < -0.3 is 4.74 Å². The van der Waals surface area contributed by atoms with Gasteiger partial charge in [0.1, 0.15) is 5.82 Å². The predicted octanol–water partition coefficient (Wildman–Crippen LogP) is 2.84. The van der Waals surface area contributed by atoms with Crippen molar-refractivity contribution < 1.29 is 13.9 Å². The number of Topliss-reactive ketones (excluding diaryl/α,β-unsaturated/α-hetero) is 1. The lowest BCUT2D eigenvalue weighted by atomic mass is 9.87. The number of rotatable bonds is 2. The Morgan fingerprint density at radius 1 is 1.26 bits per heavy atom. The summed E-state index contributed by atoms with van der Waals surface area (Å²) in [6.45, 7) is 0. The molecule has 1 aromatic rings. The van der Waals surface area contributed by atoms with Crippen LogP contribution in [-0.2, 0) is 4.74 Å². The molecule has 2 aliphatic heterocycles. The first-order valence-electron chi connectivity index (χ1n) is 6.56. The van der Waals surface area contributed by atoms with Crippen molar-refractivity contribution in [2.75, 3.05) is 0 Å². The van der Waals surface area contributed by atoms with E-state index in [4.69, 9.17) is 10.00 Å². The van der Waals surface area contributed by atoms with E-state index in [1.165, 1.54) is 12.1 Å². The Bertz CT molecular complexity index is 552. The van der Waals surface area contributed by atoms with Crippen molar-refractivity contribution >= 4 is 5.78 Å². The molecule has 0 saturated carbocycles. The topological polar surface area (TPSA) is 50.1 Å². The molecule has 2 atom stereocenters. The number of hydrogen-bond donors (Lipinski definition) is 0. The van der Waals surface area contributed by atoms with Crippen LogP contribution in [0.25, 0.3) is 0 Å². The predicted molar refractivity (Wildman–Crippen MR) is 66.1 cm³/mol. The molecule has 19 heavy (non-hydrogen) atoms. The molecule has 2 bridgehead atoms. The zero-order valence-corrected chi connectivity index (χ0v) is 10.4. The van der Waals surface area contributed by atoms with Crippen LogP contribution in [0, 0.1) is 23.1 Å². The lowest BCUT2D eigenvalue weighted by molar-refractivity contribution is -0.0149. The molecule has 98 valence electrons. The molecular weight excluding hydrogens is 245 g/mol. The molecule has 2 unspecified atom stereocenters. The summed E-state index contributed by atoms with van der Waals surface area (Å²) in [5.41, 5.74) is 0.501. The molecule has 2 fully saturated rings. The number of hydrogen-bond acceptors (Lipinski definition) is 3. The second-order valence-electron chi connectivity index (χ2n) is 5.33. The summed E-state index contributed by atoms with van der Waals surface area (Å²) in [7, 11) is 0. The van der Waals surface area contributed by atoms with Gasteiger partial charge in [0, 0.05) is 11.5 Å². The molecule has 2 aliphatic rings. The second kappa shape index (κ2) is 4.75. The van der Waals surface area contributed by atoms with Crippen LogP contribution in [0.3, 0.4) is 0 Å².